The summed E-state index contributed by atoms with van der Waals surface area (Å²) < 4.78 is 31.8. The molecule has 0 aliphatic heterocycles. The Balaban J connectivity index is 2.66. The second kappa shape index (κ2) is 4.99. The molecule has 0 spiro atoms. The minimum atomic E-state index is -4.64. The summed E-state index contributed by atoms with van der Waals surface area (Å²) in [4.78, 5) is 24.4. The van der Waals surface area contributed by atoms with E-state index in [1.165, 1.54) is 18.2 Å². The monoisotopic (exact) mass is 289 g/mol. The van der Waals surface area contributed by atoms with Crippen LogP contribution in [0.25, 0.3) is 0 Å². The van der Waals surface area contributed by atoms with Crippen LogP contribution in [-0.2, 0) is 10.1 Å². The number of Topliss-reactive ketones (excluding diaryl/α,β-unsaturated/α-hetero) is 2. The molecule has 1 aliphatic rings. The van der Waals surface area contributed by atoms with Gasteiger partial charge in [0.25, 0.3) is 0 Å². The molecule has 0 radical (unpaired) electrons. The van der Waals surface area contributed by atoms with Crippen molar-refractivity contribution in [3.8, 4) is 0 Å². The molecule has 1 aromatic carbocycles. The molecule has 5 nitrogen and oxygen atoms in total. The average Bonchev–Trinajstić information content (AvgIpc) is 2.40. The number of allylic oxidation sites excluding steroid dienone is 4. The highest BCUT2D eigenvalue weighted by Gasteiger charge is 2.28. The highest BCUT2D eigenvalue weighted by atomic mass is 32.2. The Kier molecular flexibility index (Phi) is 3.52. The lowest BCUT2D eigenvalue weighted by Crippen LogP contribution is -2.20. The molecule has 0 amide bonds. The zero-order valence-electron chi connectivity index (χ0n) is 10.2. The fourth-order valence-corrected chi connectivity index (χ4v) is 2.24. The number of hydrogen-bond acceptors (Lipinski definition) is 5. The molecular formula is C14H9O5S-. The summed E-state index contributed by atoms with van der Waals surface area (Å²) in [5.41, 5.74) is 0.234. The summed E-state index contributed by atoms with van der Waals surface area (Å²) in [6.45, 7) is 3.44. The normalized spacial score (nSPS) is 15.7. The lowest BCUT2D eigenvalue weighted by molar-refractivity contribution is 0.0980. The molecule has 0 fully saturated rings. The van der Waals surface area contributed by atoms with Crippen molar-refractivity contribution in [2.24, 2.45) is 0 Å². The zero-order chi connectivity index (χ0) is 14.9. The van der Waals surface area contributed by atoms with Gasteiger partial charge in [0.15, 0.2) is 11.6 Å². The summed E-state index contributed by atoms with van der Waals surface area (Å²) in [5, 5.41) is 0.352. The predicted octanol–water partition coefficient (Wildman–Crippen LogP) is 1.61. The molecule has 1 aliphatic carbocycles. The van der Waals surface area contributed by atoms with Crippen LogP contribution in [0.4, 0.5) is 0 Å². The van der Waals surface area contributed by atoms with Crippen molar-refractivity contribution in [2.75, 3.05) is 0 Å². The first-order valence-corrected chi connectivity index (χ1v) is 7.01. The van der Waals surface area contributed by atoms with Crippen molar-refractivity contribution >= 4 is 21.7 Å². The fraction of sp³-hybridized carbons (Fsp3) is 0. The van der Waals surface area contributed by atoms with E-state index in [0.29, 0.717) is 5.41 Å². The molecule has 0 atom stereocenters. The van der Waals surface area contributed by atoms with Gasteiger partial charge in [0, 0.05) is 27.7 Å². The minimum Gasteiger partial charge on any atom is -0.744 e. The van der Waals surface area contributed by atoms with Crippen LogP contribution < -0.4 is 0 Å². The molecule has 0 aromatic heterocycles. The maximum atomic E-state index is 12.2. The summed E-state index contributed by atoms with van der Waals surface area (Å²) in [7, 11) is -4.64. The number of fused-ring (bicyclic) bond motifs is 1. The molecule has 0 saturated heterocycles. The van der Waals surface area contributed by atoms with Crippen LogP contribution in [0.2, 0.25) is 0 Å². The van der Waals surface area contributed by atoms with Crippen LogP contribution in [0.5, 0.6) is 0 Å². The molecule has 102 valence electrons. The van der Waals surface area contributed by atoms with Crippen molar-refractivity contribution in [3.63, 3.8) is 0 Å². The first-order valence-electron chi connectivity index (χ1n) is 5.54. The van der Waals surface area contributed by atoms with Gasteiger partial charge >= 0.3 is 0 Å². The average molecular weight is 289 g/mol. The topological polar surface area (TPSA) is 91.3 Å². The third-order valence-electron chi connectivity index (χ3n) is 2.80. The van der Waals surface area contributed by atoms with Gasteiger partial charge in [-0.2, -0.15) is 0 Å². The highest BCUT2D eigenvalue weighted by Crippen LogP contribution is 2.27. The van der Waals surface area contributed by atoms with Gasteiger partial charge < -0.3 is 4.55 Å². The standard InChI is InChI=1S/C14H10O5S/c1-2-9-12(7-8-20(17,18)19)14(16)11-6-4-3-5-10(11)13(9)15/h2-8H,1H2,(H,17,18,19)/p-1/b8-7+. The van der Waals surface area contributed by atoms with E-state index in [9.17, 15) is 22.6 Å². The Morgan fingerprint density at radius 2 is 1.50 bits per heavy atom. The summed E-state index contributed by atoms with van der Waals surface area (Å²) in [6.07, 6.45) is 2.02. The van der Waals surface area contributed by atoms with Crippen molar-refractivity contribution in [1.82, 2.24) is 0 Å². The number of rotatable bonds is 3. The van der Waals surface area contributed by atoms with E-state index in [0.717, 1.165) is 6.08 Å². The number of carbonyl (C=O) groups is 2. The zero-order valence-corrected chi connectivity index (χ0v) is 11.0. The lowest BCUT2D eigenvalue weighted by atomic mass is 9.84. The Morgan fingerprint density at radius 1 is 1.00 bits per heavy atom. The van der Waals surface area contributed by atoms with Gasteiger partial charge in [0.1, 0.15) is 10.1 Å². The van der Waals surface area contributed by atoms with E-state index in [4.69, 9.17) is 0 Å². The van der Waals surface area contributed by atoms with Crippen LogP contribution >= 0.6 is 0 Å². The Morgan fingerprint density at radius 3 is 1.95 bits per heavy atom. The van der Waals surface area contributed by atoms with E-state index in [2.05, 4.69) is 6.58 Å². The molecule has 0 saturated carbocycles. The van der Waals surface area contributed by atoms with Crippen molar-refractivity contribution in [3.05, 3.63) is 70.7 Å². The van der Waals surface area contributed by atoms with Gasteiger partial charge in [-0.1, -0.05) is 36.9 Å². The van der Waals surface area contributed by atoms with Crippen LogP contribution in [0, 0.1) is 0 Å². The molecule has 0 unspecified atom stereocenters. The molecule has 2 rings (SSSR count). The predicted molar refractivity (Wildman–Crippen MR) is 71.2 cm³/mol. The van der Waals surface area contributed by atoms with Gasteiger partial charge in [-0.25, -0.2) is 8.42 Å². The highest BCUT2D eigenvalue weighted by molar-refractivity contribution is 7.88. The van der Waals surface area contributed by atoms with Gasteiger partial charge in [-0.3, -0.25) is 9.59 Å². The second-order valence-corrected chi connectivity index (χ2v) is 5.29. The third kappa shape index (κ3) is 2.52. The third-order valence-corrected chi connectivity index (χ3v) is 3.27. The molecular weight excluding hydrogens is 280 g/mol. The van der Waals surface area contributed by atoms with E-state index < -0.39 is 21.7 Å². The van der Waals surface area contributed by atoms with E-state index in [-0.39, 0.29) is 22.3 Å². The number of carbonyl (C=O) groups excluding carboxylic acids is 2. The quantitative estimate of drug-likeness (QED) is 0.788. The van der Waals surface area contributed by atoms with Crippen molar-refractivity contribution < 1.29 is 22.6 Å². The van der Waals surface area contributed by atoms with Gasteiger partial charge in [0.2, 0.25) is 0 Å². The largest absolute Gasteiger partial charge is 0.744 e. The fourth-order valence-electron chi connectivity index (χ4n) is 1.93. The number of hydrogen-bond donors (Lipinski definition) is 0. The Bertz CT molecular complexity index is 782. The summed E-state index contributed by atoms with van der Waals surface area (Å²) in [6, 6.07) is 6.18. The van der Waals surface area contributed by atoms with Crippen LogP contribution in [0.1, 0.15) is 20.7 Å². The van der Waals surface area contributed by atoms with Crippen LogP contribution in [0.15, 0.2) is 59.6 Å². The smallest absolute Gasteiger partial charge is 0.194 e. The minimum absolute atomic E-state index is 0.0198. The SMILES string of the molecule is C=CC1=C(/C=C/S(=O)(=O)[O-])C(=O)c2ccccc2C1=O. The maximum absolute atomic E-state index is 12.2. The second-order valence-electron chi connectivity index (χ2n) is 4.03. The van der Waals surface area contributed by atoms with Crippen LogP contribution in [0.3, 0.4) is 0 Å². The molecule has 0 bridgehead atoms. The Hall–Kier alpha value is -2.31. The first kappa shape index (κ1) is 14.1. The Labute approximate surface area is 115 Å². The van der Waals surface area contributed by atoms with Crippen molar-refractivity contribution in [2.45, 2.75) is 0 Å². The molecule has 20 heavy (non-hydrogen) atoms. The molecule has 6 heteroatoms. The maximum Gasteiger partial charge on any atom is 0.194 e. The van der Waals surface area contributed by atoms with Crippen molar-refractivity contribution in [1.29, 1.82) is 0 Å². The number of ketones is 2. The van der Waals surface area contributed by atoms with E-state index in [1.807, 2.05) is 0 Å². The van der Waals surface area contributed by atoms with E-state index in [1.54, 1.807) is 12.1 Å². The first-order chi connectivity index (χ1) is 9.35. The van der Waals surface area contributed by atoms with Gasteiger partial charge in [0.05, 0.1) is 0 Å². The molecule has 0 heterocycles. The van der Waals surface area contributed by atoms with Gasteiger partial charge in [-0.15, -0.1) is 0 Å². The van der Waals surface area contributed by atoms with Crippen LogP contribution in [-0.4, -0.2) is 24.5 Å². The van der Waals surface area contributed by atoms with E-state index >= 15 is 0 Å². The molecule has 0 N–H and O–H groups in total. The number of benzene rings is 1. The molecule has 1 aromatic rings. The van der Waals surface area contributed by atoms with Gasteiger partial charge in [-0.05, 0) is 6.08 Å². The summed E-state index contributed by atoms with van der Waals surface area (Å²) in [5.74, 6) is -0.951. The lowest BCUT2D eigenvalue weighted by Gasteiger charge is -2.17. The summed E-state index contributed by atoms with van der Waals surface area (Å²) >= 11 is 0.